The van der Waals surface area contributed by atoms with Crippen molar-refractivity contribution in [2.75, 3.05) is 0 Å². The van der Waals surface area contributed by atoms with Crippen LogP contribution < -0.4 is 0 Å². The fourth-order valence-corrected chi connectivity index (χ4v) is 5.18. The van der Waals surface area contributed by atoms with E-state index >= 15 is 0 Å². The standard InChI is InChI=1S/C22H24INO3/c1-13-19(22(26)27-16-8-2-3-9-16)20(14-6-4-7-15(23)12-14)21-17(24-13)10-5-11-18(21)25/h4,6-7,12,16,19-20H,2-3,5,8-11H2,1H3/t19?,20-/m1/s1. The summed E-state index contributed by atoms with van der Waals surface area (Å²) in [5.74, 6) is -0.884. The summed E-state index contributed by atoms with van der Waals surface area (Å²) in [4.78, 5) is 30.7. The maximum Gasteiger partial charge on any atom is 0.315 e. The second kappa shape index (κ2) is 7.86. The number of ether oxygens (including phenoxy) is 1. The maximum absolute atomic E-state index is 13.2. The second-order valence-corrected chi connectivity index (χ2v) is 8.99. The zero-order valence-corrected chi connectivity index (χ0v) is 17.7. The number of carbonyl (C=O) groups is 2. The highest BCUT2D eigenvalue weighted by Crippen LogP contribution is 2.44. The summed E-state index contributed by atoms with van der Waals surface area (Å²) in [6, 6.07) is 8.11. The highest BCUT2D eigenvalue weighted by molar-refractivity contribution is 14.1. The first-order chi connectivity index (χ1) is 13.0. The molecule has 0 radical (unpaired) electrons. The number of esters is 1. The monoisotopic (exact) mass is 477 g/mol. The predicted molar refractivity (Wildman–Crippen MR) is 113 cm³/mol. The normalized spacial score (nSPS) is 26.0. The number of halogens is 1. The number of rotatable bonds is 3. The number of hydrogen-bond acceptors (Lipinski definition) is 4. The third kappa shape index (κ3) is 3.75. The van der Waals surface area contributed by atoms with Crippen LogP contribution in [-0.2, 0) is 14.3 Å². The Morgan fingerprint density at radius 2 is 1.96 bits per heavy atom. The van der Waals surface area contributed by atoms with Crippen molar-refractivity contribution in [1.29, 1.82) is 0 Å². The molecule has 4 nitrogen and oxygen atoms in total. The van der Waals surface area contributed by atoms with Crippen LogP contribution in [0.1, 0.15) is 63.4 Å². The summed E-state index contributed by atoms with van der Waals surface area (Å²) < 4.78 is 6.96. The fourth-order valence-electron chi connectivity index (χ4n) is 4.62. The Bertz CT molecular complexity index is 836. The molecule has 1 aromatic carbocycles. The van der Waals surface area contributed by atoms with Gasteiger partial charge in [0.05, 0.1) is 0 Å². The molecule has 0 aromatic heterocycles. The van der Waals surface area contributed by atoms with Crippen LogP contribution in [-0.4, -0.2) is 23.6 Å². The van der Waals surface area contributed by atoms with Crippen molar-refractivity contribution in [2.24, 2.45) is 10.9 Å². The van der Waals surface area contributed by atoms with E-state index in [1.807, 2.05) is 25.1 Å². The minimum atomic E-state index is -0.510. The van der Waals surface area contributed by atoms with Gasteiger partial charge < -0.3 is 4.74 Å². The number of ketones is 1. The average Bonchev–Trinajstić information content (AvgIpc) is 3.13. The third-order valence-electron chi connectivity index (χ3n) is 5.88. The second-order valence-electron chi connectivity index (χ2n) is 7.74. The van der Waals surface area contributed by atoms with Gasteiger partial charge in [-0.2, -0.15) is 0 Å². The smallest absolute Gasteiger partial charge is 0.315 e. The van der Waals surface area contributed by atoms with Gasteiger partial charge in [-0.1, -0.05) is 12.1 Å². The van der Waals surface area contributed by atoms with Gasteiger partial charge in [0.1, 0.15) is 12.0 Å². The van der Waals surface area contributed by atoms with Crippen molar-refractivity contribution in [3.8, 4) is 0 Å². The zero-order chi connectivity index (χ0) is 19.0. The molecule has 27 heavy (non-hydrogen) atoms. The van der Waals surface area contributed by atoms with E-state index < -0.39 is 5.92 Å². The van der Waals surface area contributed by atoms with Crippen LogP contribution in [0.5, 0.6) is 0 Å². The van der Waals surface area contributed by atoms with Crippen molar-refractivity contribution >= 4 is 40.1 Å². The van der Waals surface area contributed by atoms with E-state index in [9.17, 15) is 9.59 Å². The Balaban J connectivity index is 1.76. The number of carbonyl (C=O) groups excluding carboxylic acids is 2. The lowest BCUT2D eigenvalue weighted by Gasteiger charge is -2.35. The van der Waals surface area contributed by atoms with Gasteiger partial charge in [-0.05, 0) is 85.7 Å². The summed E-state index contributed by atoms with van der Waals surface area (Å²) in [5, 5.41) is 0. The summed E-state index contributed by atoms with van der Waals surface area (Å²) in [6.07, 6.45) is 6.31. The molecule has 2 atom stereocenters. The number of aliphatic imine (C=N–C) groups is 1. The van der Waals surface area contributed by atoms with Crippen LogP contribution in [0.15, 0.2) is 40.5 Å². The summed E-state index contributed by atoms with van der Waals surface area (Å²) in [7, 11) is 0. The molecule has 1 aliphatic heterocycles. The quantitative estimate of drug-likeness (QED) is 0.457. The number of nitrogens with zero attached hydrogens (tertiary/aromatic N) is 1. The van der Waals surface area contributed by atoms with Gasteiger partial charge >= 0.3 is 5.97 Å². The predicted octanol–water partition coefficient (Wildman–Crippen LogP) is 4.96. The fraction of sp³-hybridized carbons (Fsp3) is 0.500. The van der Waals surface area contributed by atoms with Gasteiger partial charge in [-0.15, -0.1) is 0 Å². The summed E-state index contributed by atoms with van der Waals surface area (Å²) in [6.45, 7) is 1.91. The van der Waals surface area contributed by atoms with E-state index in [4.69, 9.17) is 9.73 Å². The van der Waals surface area contributed by atoms with E-state index in [1.165, 1.54) is 0 Å². The minimum Gasteiger partial charge on any atom is -0.462 e. The largest absolute Gasteiger partial charge is 0.462 e. The first-order valence-corrected chi connectivity index (χ1v) is 10.9. The van der Waals surface area contributed by atoms with Crippen molar-refractivity contribution < 1.29 is 14.3 Å². The van der Waals surface area contributed by atoms with E-state index in [2.05, 4.69) is 28.7 Å². The molecule has 3 aliphatic rings. The molecule has 0 amide bonds. The average molecular weight is 477 g/mol. The van der Waals surface area contributed by atoms with E-state index in [-0.39, 0.29) is 23.8 Å². The molecule has 0 N–H and O–H groups in total. The number of allylic oxidation sites excluding steroid dienone is 2. The molecule has 4 rings (SSSR count). The topological polar surface area (TPSA) is 55.7 Å². The Hall–Kier alpha value is -1.50. The lowest BCUT2D eigenvalue weighted by atomic mass is 9.72. The van der Waals surface area contributed by atoms with Crippen LogP contribution in [0.2, 0.25) is 0 Å². The molecule has 0 spiro atoms. The van der Waals surface area contributed by atoms with Crippen LogP contribution in [0, 0.1) is 9.49 Å². The molecule has 142 valence electrons. The minimum absolute atomic E-state index is 0.0132. The van der Waals surface area contributed by atoms with Crippen molar-refractivity contribution in [1.82, 2.24) is 0 Å². The van der Waals surface area contributed by atoms with Crippen LogP contribution in [0.4, 0.5) is 0 Å². The Morgan fingerprint density at radius 3 is 2.70 bits per heavy atom. The van der Waals surface area contributed by atoms with Crippen molar-refractivity contribution in [3.63, 3.8) is 0 Å². The molecule has 1 heterocycles. The molecular weight excluding hydrogens is 453 g/mol. The van der Waals surface area contributed by atoms with Crippen molar-refractivity contribution in [2.45, 2.75) is 63.9 Å². The van der Waals surface area contributed by atoms with Crippen LogP contribution >= 0.6 is 22.6 Å². The highest BCUT2D eigenvalue weighted by atomic mass is 127. The first kappa shape index (κ1) is 18.8. The van der Waals surface area contributed by atoms with Gasteiger partial charge in [-0.25, -0.2) is 0 Å². The lowest BCUT2D eigenvalue weighted by molar-refractivity contribution is -0.151. The van der Waals surface area contributed by atoms with Gasteiger partial charge in [0.2, 0.25) is 0 Å². The van der Waals surface area contributed by atoms with Gasteiger partial charge in [0.25, 0.3) is 0 Å². The molecule has 0 saturated heterocycles. The lowest BCUT2D eigenvalue weighted by Crippen LogP contribution is -2.38. The number of hydrogen-bond donors (Lipinski definition) is 0. The Kier molecular flexibility index (Phi) is 5.48. The maximum atomic E-state index is 13.2. The number of benzene rings is 1. The van der Waals surface area contributed by atoms with E-state index in [1.54, 1.807) is 0 Å². The zero-order valence-electron chi connectivity index (χ0n) is 15.5. The first-order valence-electron chi connectivity index (χ1n) is 9.82. The van der Waals surface area contributed by atoms with Gasteiger partial charge in [-0.3, -0.25) is 14.6 Å². The molecule has 2 aliphatic carbocycles. The van der Waals surface area contributed by atoms with E-state index in [0.717, 1.165) is 64.6 Å². The molecule has 1 saturated carbocycles. The SMILES string of the molecule is CC1=NC2=C(C(=O)CCC2)[C@H](c2cccc(I)c2)C1C(=O)OC1CCCC1. The highest BCUT2D eigenvalue weighted by Gasteiger charge is 2.43. The molecule has 5 heteroatoms. The molecule has 1 unspecified atom stereocenters. The van der Waals surface area contributed by atoms with E-state index in [0.29, 0.717) is 6.42 Å². The molecule has 1 fully saturated rings. The molecule has 1 aromatic rings. The Labute approximate surface area is 173 Å². The Morgan fingerprint density at radius 1 is 1.19 bits per heavy atom. The third-order valence-corrected chi connectivity index (χ3v) is 6.55. The van der Waals surface area contributed by atoms with Crippen LogP contribution in [0.25, 0.3) is 0 Å². The summed E-state index contributed by atoms with van der Waals surface area (Å²) >= 11 is 2.28. The number of Topliss-reactive ketones (excluding diaryl/α,β-unsaturated/α-hetero) is 1. The van der Waals surface area contributed by atoms with Crippen molar-refractivity contribution in [3.05, 3.63) is 44.7 Å². The molecule has 0 bridgehead atoms. The molecular formula is C22H24INO3. The van der Waals surface area contributed by atoms with Gasteiger partial charge in [0, 0.05) is 32.9 Å². The summed E-state index contributed by atoms with van der Waals surface area (Å²) in [5.41, 5.74) is 3.39. The van der Waals surface area contributed by atoms with Gasteiger partial charge in [0.15, 0.2) is 5.78 Å². The van der Waals surface area contributed by atoms with Crippen LogP contribution in [0.3, 0.4) is 0 Å².